The second-order valence-electron chi connectivity index (χ2n) is 3.09. The van der Waals surface area contributed by atoms with Crippen LogP contribution >= 0.6 is 0 Å². The Bertz CT molecular complexity index is 291. The molecule has 1 rings (SSSR count). The highest BCUT2D eigenvalue weighted by Crippen LogP contribution is 2.17. The monoisotopic (exact) mass is 188 g/mol. The molecule has 1 heterocycles. The van der Waals surface area contributed by atoms with Crippen LogP contribution in [0.4, 0.5) is 0 Å². The molecule has 1 saturated heterocycles. The van der Waals surface area contributed by atoms with Gasteiger partial charge in [-0.2, -0.15) is 5.26 Å². The third-order valence-electron chi connectivity index (χ3n) is 2.04. The van der Waals surface area contributed by atoms with E-state index in [-0.39, 0.29) is 5.92 Å². The number of nitriles is 1. The van der Waals surface area contributed by atoms with Crippen LogP contribution in [-0.4, -0.2) is 32.1 Å². The van der Waals surface area contributed by atoms with Crippen molar-refractivity contribution in [3.05, 3.63) is 0 Å². The number of hydrogen-bond donors (Lipinski definition) is 0. The molecule has 0 radical (unpaired) electrons. The van der Waals surface area contributed by atoms with Crippen molar-refractivity contribution in [1.82, 2.24) is 4.31 Å². The van der Waals surface area contributed by atoms with Gasteiger partial charge in [0.1, 0.15) is 0 Å². The normalized spacial score (nSPS) is 26.5. The summed E-state index contributed by atoms with van der Waals surface area (Å²) in [6.07, 6.45) is 2.81. The molecule has 68 valence electrons. The number of hydrogen-bond acceptors (Lipinski definition) is 3. The zero-order valence-electron chi connectivity index (χ0n) is 7.02. The van der Waals surface area contributed by atoms with Crippen LogP contribution < -0.4 is 0 Å². The van der Waals surface area contributed by atoms with Crippen molar-refractivity contribution in [2.24, 2.45) is 5.92 Å². The van der Waals surface area contributed by atoms with Crippen LogP contribution in [-0.2, 0) is 10.0 Å². The van der Waals surface area contributed by atoms with E-state index in [1.807, 2.05) is 0 Å². The molecule has 0 spiro atoms. The Balaban J connectivity index is 2.66. The lowest BCUT2D eigenvalue weighted by molar-refractivity contribution is 0.307. The van der Waals surface area contributed by atoms with Crippen LogP contribution in [0.1, 0.15) is 12.8 Å². The smallest absolute Gasteiger partial charge is 0.211 e. The molecule has 0 unspecified atom stereocenters. The summed E-state index contributed by atoms with van der Waals surface area (Å²) in [6, 6.07) is 2.10. The molecule has 0 aromatic rings. The van der Waals surface area contributed by atoms with Gasteiger partial charge in [-0.25, -0.2) is 12.7 Å². The summed E-state index contributed by atoms with van der Waals surface area (Å²) in [5, 5.41) is 8.60. The van der Waals surface area contributed by atoms with Crippen molar-refractivity contribution in [3.63, 3.8) is 0 Å². The summed E-state index contributed by atoms with van der Waals surface area (Å²) in [7, 11) is -3.09. The summed E-state index contributed by atoms with van der Waals surface area (Å²) in [6.45, 7) is 0.937. The summed E-state index contributed by atoms with van der Waals surface area (Å²) in [5.74, 6) is -0.117. The summed E-state index contributed by atoms with van der Waals surface area (Å²) >= 11 is 0. The van der Waals surface area contributed by atoms with E-state index in [2.05, 4.69) is 6.07 Å². The molecule has 0 amide bonds. The third kappa shape index (κ3) is 2.19. The lowest BCUT2D eigenvalue weighted by atomic mass is 10.0. The molecule has 0 saturated carbocycles. The van der Waals surface area contributed by atoms with Gasteiger partial charge in [0, 0.05) is 13.1 Å². The van der Waals surface area contributed by atoms with Gasteiger partial charge in [-0.05, 0) is 12.8 Å². The van der Waals surface area contributed by atoms with Crippen LogP contribution in [0.3, 0.4) is 0 Å². The van der Waals surface area contributed by atoms with E-state index < -0.39 is 10.0 Å². The number of nitrogens with zero attached hydrogens (tertiary/aromatic N) is 2. The second kappa shape index (κ2) is 3.42. The van der Waals surface area contributed by atoms with Crippen molar-refractivity contribution in [2.45, 2.75) is 12.8 Å². The minimum Gasteiger partial charge on any atom is -0.213 e. The molecule has 0 aliphatic carbocycles. The molecule has 0 aromatic heterocycles. The molecule has 1 aliphatic heterocycles. The van der Waals surface area contributed by atoms with E-state index in [9.17, 15) is 8.42 Å². The van der Waals surface area contributed by atoms with Crippen LogP contribution in [0.25, 0.3) is 0 Å². The first-order valence-corrected chi connectivity index (χ1v) is 5.73. The molecule has 1 atom stereocenters. The Hall–Kier alpha value is -0.600. The maximum absolute atomic E-state index is 11.1. The predicted octanol–water partition coefficient (Wildman–Crippen LogP) is 0.182. The maximum atomic E-state index is 11.1. The average molecular weight is 188 g/mol. The predicted molar refractivity (Wildman–Crippen MR) is 44.8 cm³/mol. The zero-order valence-corrected chi connectivity index (χ0v) is 7.84. The van der Waals surface area contributed by atoms with Gasteiger partial charge in [0.05, 0.1) is 18.2 Å². The number of rotatable bonds is 1. The van der Waals surface area contributed by atoms with Crippen LogP contribution in [0.15, 0.2) is 0 Å². The molecular weight excluding hydrogens is 176 g/mol. The van der Waals surface area contributed by atoms with Gasteiger partial charge in [-0.15, -0.1) is 0 Å². The van der Waals surface area contributed by atoms with Gasteiger partial charge in [-0.3, -0.25) is 0 Å². The first kappa shape index (κ1) is 9.49. The Morgan fingerprint density at radius 3 is 2.75 bits per heavy atom. The van der Waals surface area contributed by atoms with E-state index in [0.717, 1.165) is 12.8 Å². The summed E-state index contributed by atoms with van der Waals surface area (Å²) < 4.78 is 23.5. The fourth-order valence-electron chi connectivity index (χ4n) is 1.35. The first-order valence-electron chi connectivity index (χ1n) is 3.89. The standard InChI is InChI=1S/C7H12N2O2S/c1-12(10,11)9-4-2-3-7(5-8)6-9/h7H,2-4,6H2,1H3/t7-/m1/s1. The van der Waals surface area contributed by atoms with Gasteiger partial charge in [0.15, 0.2) is 0 Å². The Morgan fingerprint density at radius 1 is 1.58 bits per heavy atom. The lowest BCUT2D eigenvalue weighted by Crippen LogP contribution is -2.38. The molecule has 0 bridgehead atoms. The molecule has 1 fully saturated rings. The van der Waals surface area contributed by atoms with Crippen LogP contribution in [0.2, 0.25) is 0 Å². The maximum Gasteiger partial charge on any atom is 0.211 e. The topological polar surface area (TPSA) is 61.2 Å². The van der Waals surface area contributed by atoms with Crippen molar-refractivity contribution < 1.29 is 8.42 Å². The highest BCUT2D eigenvalue weighted by atomic mass is 32.2. The highest BCUT2D eigenvalue weighted by molar-refractivity contribution is 7.88. The Kier molecular flexibility index (Phi) is 2.70. The molecule has 1 aliphatic rings. The third-order valence-corrected chi connectivity index (χ3v) is 3.31. The van der Waals surface area contributed by atoms with Crippen molar-refractivity contribution in [3.8, 4) is 6.07 Å². The second-order valence-corrected chi connectivity index (χ2v) is 5.07. The van der Waals surface area contributed by atoms with Crippen molar-refractivity contribution in [2.75, 3.05) is 19.3 Å². The molecule has 12 heavy (non-hydrogen) atoms. The largest absolute Gasteiger partial charge is 0.213 e. The summed E-state index contributed by atoms with van der Waals surface area (Å²) in [4.78, 5) is 0. The molecule has 0 aromatic carbocycles. The number of sulfonamides is 1. The van der Waals surface area contributed by atoms with Crippen molar-refractivity contribution in [1.29, 1.82) is 5.26 Å². The molecule has 0 N–H and O–H groups in total. The van der Waals surface area contributed by atoms with Crippen molar-refractivity contribution >= 4 is 10.0 Å². The van der Waals surface area contributed by atoms with E-state index in [1.165, 1.54) is 10.6 Å². The lowest BCUT2D eigenvalue weighted by Gasteiger charge is -2.27. The van der Waals surface area contributed by atoms with Crippen LogP contribution in [0.5, 0.6) is 0 Å². The summed E-state index contributed by atoms with van der Waals surface area (Å²) in [5.41, 5.74) is 0. The Morgan fingerprint density at radius 2 is 2.25 bits per heavy atom. The zero-order chi connectivity index (χ0) is 9.19. The van der Waals surface area contributed by atoms with E-state index >= 15 is 0 Å². The Labute approximate surface area is 72.8 Å². The minimum absolute atomic E-state index is 0.117. The molecular formula is C7H12N2O2S. The van der Waals surface area contributed by atoms with E-state index in [4.69, 9.17) is 5.26 Å². The highest BCUT2D eigenvalue weighted by Gasteiger charge is 2.25. The SMILES string of the molecule is CS(=O)(=O)N1CCC[C@H](C#N)C1. The van der Waals surface area contributed by atoms with E-state index in [1.54, 1.807) is 0 Å². The average Bonchev–Trinajstić information content (AvgIpc) is 2.03. The number of piperidine rings is 1. The van der Waals surface area contributed by atoms with Gasteiger partial charge in [-0.1, -0.05) is 0 Å². The van der Waals surface area contributed by atoms with Gasteiger partial charge in [0.2, 0.25) is 10.0 Å². The fourth-order valence-corrected chi connectivity index (χ4v) is 2.26. The molecule has 4 nitrogen and oxygen atoms in total. The van der Waals surface area contributed by atoms with E-state index in [0.29, 0.717) is 13.1 Å². The minimum atomic E-state index is -3.09. The van der Waals surface area contributed by atoms with Gasteiger partial charge >= 0.3 is 0 Å². The quantitative estimate of drug-likeness (QED) is 0.589. The van der Waals surface area contributed by atoms with Crippen LogP contribution in [0, 0.1) is 17.2 Å². The first-order chi connectivity index (χ1) is 5.54. The van der Waals surface area contributed by atoms with Gasteiger partial charge < -0.3 is 0 Å². The molecule has 5 heteroatoms. The fraction of sp³-hybridized carbons (Fsp3) is 0.857. The van der Waals surface area contributed by atoms with Gasteiger partial charge in [0.25, 0.3) is 0 Å².